The predicted molar refractivity (Wildman–Crippen MR) is 81.7 cm³/mol. The molecule has 0 saturated heterocycles. The Labute approximate surface area is 116 Å². The van der Waals surface area contributed by atoms with Gasteiger partial charge in [-0.05, 0) is 50.1 Å². The van der Waals surface area contributed by atoms with Crippen molar-refractivity contribution >= 4 is 11.0 Å². The van der Waals surface area contributed by atoms with E-state index in [1.807, 2.05) is 6.33 Å². The van der Waals surface area contributed by atoms with Crippen molar-refractivity contribution in [3.05, 3.63) is 29.6 Å². The summed E-state index contributed by atoms with van der Waals surface area (Å²) < 4.78 is 2.34. The van der Waals surface area contributed by atoms with Crippen molar-refractivity contribution in [3.8, 4) is 0 Å². The molecule has 19 heavy (non-hydrogen) atoms. The first kappa shape index (κ1) is 14.1. The maximum atomic E-state index is 4.57. The zero-order valence-electron chi connectivity index (χ0n) is 12.5. The van der Waals surface area contributed by atoms with Gasteiger partial charge in [0.2, 0.25) is 0 Å². The molecule has 1 unspecified atom stereocenters. The molecule has 2 aromatic rings. The molecule has 0 bridgehead atoms. The fourth-order valence-electron chi connectivity index (χ4n) is 2.56. The smallest absolute Gasteiger partial charge is 0.0961 e. The summed E-state index contributed by atoms with van der Waals surface area (Å²) in [5.41, 5.74) is 5.03. The molecule has 1 aromatic heterocycles. The van der Waals surface area contributed by atoms with Crippen LogP contribution in [0.5, 0.6) is 0 Å². The van der Waals surface area contributed by atoms with Gasteiger partial charge in [-0.25, -0.2) is 4.98 Å². The molecule has 1 atom stereocenters. The number of likely N-dealkylation sites (N-methyl/N-ethyl adjacent to an activating group) is 1. The van der Waals surface area contributed by atoms with Crippen molar-refractivity contribution in [2.75, 3.05) is 13.1 Å². The quantitative estimate of drug-likeness (QED) is 0.859. The minimum absolute atomic E-state index is 0.497. The fraction of sp³-hybridized carbons (Fsp3) is 0.562. The van der Waals surface area contributed by atoms with Crippen LogP contribution in [0.3, 0.4) is 0 Å². The third kappa shape index (κ3) is 2.98. The summed E-state index contributed by atoms with van der Waals surface area (Å²) in [5.74, 6) is 0. The lowest BCUT2D eigenvalue weighted by atomic mass is 10.1. The van der Waals surface area contributed by atoms with Crippen LogP contribution in [-0.4, -0.2) is 22.6 Å². The van der Waals surface area contributed by atoms with Crippen molar-refractivity contribution < 1.29 is 0 Å². The Balaban J connectivity index is 2.38. The molecule has 2 rings (SSSR count). The van der Waals surface area contributed by atoms with Gasteiger partial charge in [-0.2, -0.15) is 0 Å². The average molecular weight is 259 g/mol. The molecule has 0 radical (unpaired) electrons. The van der Waals surface area contributed by atoms with Crippen LogP contribution in [0, 0.1) is 13.8 Å². The lowest BCUT2D eigenvalue weighted by molar-refractivity contribution is 0.442. The normalized spacial score (nSPS) is 13.1. The molecule has 0 amide bonds. The van der Waals surface area contributed by atoms with E-state index in [1.54, 1.807) is 0 Å². The van der Waals surface area contributed by atoms with E-state index in [4.69, 9.17) is 0 Å². The molecule has 104 valence electrons. The van der Waals surface area contributed by atoms with E-state index < -0.39 is 0 Å². The number of fused-ring (bicyclic) bond motifs is 1. The summed E-state index contributed by atoms with van der Waals surface area (Å²) in [6.07, 6.45) is 4.38. The van der Waals surface area contributed by atoms with Crippen molar-refractivity contribution in [1.29, 1.82) is 0 Å². The number of benzene rings is 1. The minimum atomic E-state index is 0.497. The number of hydrogen-bond donors (Lipinski definition) is 1. The van der Waals surface area contributed by atoms with Crippen LogP contribution >= 0.6 is 0 Å². The van der Waals surface area contributed by atoms with Gasteiger partial charge in [0.1, 0.15) is 0 Å². The van der Waals surface area contributed by atoms with E-state index in [0.717, 1.165) is 18.6 Å². The van der Waals surface area contributed by atoms with Gasteiger partial charge in [-0.3, -0.25) is 0 Å². The van der Waals surface area contributed by atoms with E-state index in [9.17, 15) is 0 Å². The highest BCUT2D eigenvalue weighted by Gasteiger charge is 2.13. The molecular weight excluding hydrogens is 234 g/mol. The van der Waals surface area contributed by atoms with Gasteiger partial charge in [0, 0.05) is 12.6 Å². The van der Waals surface area contributed by atoms with Crippen molar-refractivity contribution in [1.82, 2.24) is 14.9 Å². The molecule has 3 heteroatoms. The van der Waals surface area contributed by atoms with Gasteiger partial charge >= 0.3 is 0 Å². The molecule has 0 spiro atoms. The third-order valence-electron chi connectivity index (χ3n) is 3.84. The summed E-state index contributed by atoms with van der Waals surface area (Å²) in [6.45, 7) is 10.8. The molecule has 0 fully saturated rings. The highest BCUT2D eigenvalue weighted by atomic mass is 15.1. The first-order chi connectivity index (χ1) is 9.17. The second kappa shape index (κ2) is 6.20. The summed E-state index contributed by atoms with van der Waals surface area (Å²) in [6, 6.07) is 4.96. The highest BCUT2D eigenvalue weighted by Crippen LogP contribution is 2.23. The molecule has 0 aliphatic carbocycles. The standard InChI is InChI=1S/C16H25N3/c1-5-7-14(10-17-6-2)19-11-18-15-8-12(3)13(4)9-16(15)19/h8-9,11,14,17H,5-7,10H2,1-4H3. The van der Waals surface area contributed by atoms with Gasteiger partial charge in [-0.1, -0.05) is 20.3 Å². The number of aromatic nitrogens is 2. The third-order valence-corrected chi connectivity index (χ3v) is 3.84. The van der Waals surface area contributed by atoms with Crippen LogP contribution in [0.2, 0.25) is 0 Å². The predicted octanol–water partition coefficient (Wildman–Crippen LogP) is 3.60. The maximum absolute atomic E-state index is 4.57. The van der Waals surface area contributed by atoms with E-state index in [2.05, 4.69) is 54.7 Å². The number of hydrogen-bond acceptors (Lipinski definition) is 2. The van der Waals surface area contributed by atoms with E-state index in [1.165, 1.54) is 29.5 Å². The van der Waals surface area contributed by atoms with Crippen LogP contribution in [0.4, 0.5) is 0 Å². The zero-order valence-corrected chi connectivity index (χ0v) is 12.5. The number of nitrogens with one attached hydrogen (secondary N) is 1. The topological polar surface area (TPSA) is 29.9 Å². The maximum Gasteiger partial charge on any atom is 0.0961 e. The highest BCUT2D eigenvalue weighted by molar-refractivity contribution is 5.77. The van der Waals surface area contributed by atoms with Crippen LogP contribution in [-0.2, 0) is 0 Å². The molecule has 1 heterocycles. The fourth-order valence-corrected chi connectivity index (χ4v) is 2.56. The summed E-state index contributed by atoms with van der Waals surface area (Å²) in [4.78, 5) is 4.57. The van der Waals surface area contributed by atoms with Crippen molar-refractivity contribution in [2.24, 2.45) is 0 Å². The van der Waals surface area contributed by atoms with Crippen molar-refractivity contribution in [2.45, 2.75) is 46.6 Å². The molecular formula is C16H25N3. The summed E-state index contributed by atoms with van der Waals surface area (Å²) >= 11 is 0. The average Bonchev–Trinajstić information content (AvgIpc) is 2.78. The van der Waals surface area contributed by atoms with Gasteiger partial charge in [0.25, 0.3) is 0 Å². The molecule has 1 N–H and O–H groups in total. The first-order valence-electron chi connectivity index (χ1n) is 7.31. The first-order valence-corrected chi connectivity index (χ1v) is 7.31. The Bertz CT molecular complexity index is 542. The zero-order chi connectivity index (χ0) is 13.8. The Kier molecular flexibility index (Phi) is 4.59. The number of imidazole rings is 1. The van der Waals surface area contributed by atoms with Gasteiger partial charge < -0.3 is 9.88 Å². The summed E-state index contributed by atoms with van der Waals surface area (Å²) in [7, 11) is 0. The van der Waals surface area contributed by atoms with Crippen LogP contribution < -0.4 is 5.32 Å². The Hall–Kier alpha value is -1.35. The number of rotatable bonds is 6. The minimum Gasteiger partial charge on any atom is -0.326 e. The SMILES string of the molecule is CCCC(CNCC)n1cnc2cc(C)c(C)cc21. The largest absolute Gasteiger partial charge is 0.326 e. The number of aryl methyl sites for hydroxylation is 2. The second-order valence-corrected chi connectivity index (χ2v) is 5.33. The molecule has 3 nitrogen and oxygen atoms in total. The Morgan fingerprint density at radius 1 is 1.21 bits per heavy atom. The monoisotopic (exact) mass is 259 g/mol. The van der Waals surface area contributed by atoms with E-state index in [0.29, 0.717) is 6.04 Å². The van der Waals surface area contributed by atoms with E-state index in [-0.39, 0.29) is 0 Å². The Morgan fingerprint density at radius 3 is 2.63 bits per heavy atom. The number of nitrogens with zero attached hydrogens (tertiary/aromatic N) is 2. The second-order valence-electron chi connectivity index (χ2n) is 5.33. The van der Waals surface area contributed by atoms with Crippen LogP contribution in [0.15, 0.2) is 18.5 Å². The molecule has 0 aliphatic rings. The van der Waals surface area contributed by atoms with Crippen LogP contribution in [0.1, 0.15) is 43.9 Å². The molecule has 0 aliphatic heterocycles. The lowest BCUT2D eigenvalue weighted by Gasteiger charge is -2.19. The summed E-state index contributed by atoms with van der Waals surface area (Å²) in [5, 5.41) is 3.46. The molecule has 0 saturated carbocycles. The van der Waals surface area contributed by atoms with Gasteiger partial charge in [0.05, 0.1) is 17.4 Å². The van der Waals surface area contributed by atoms with Gasteiger partial charge in [-0.15, -0.1) is 0 Å². The Morgan fingerprint density at radius 2 is 1.95 bits per heavy atom. The van der Waals surface area contributed by atoms with E-state index >= 15 is 0 Å². The van der Waals surface area contributed by atoms with Crippen LogP contribution in [0.25, 0.3) is 11.0 Å². The van der Waals surface area contributed by atoms with Gasteiger partial charge in [0.15, 0.2) is 0 Å². The van der Waals surface area contributed by atoms with Crippen molar-refractivity contribution in [3.63, 3.8) is 0 Å². The molecule has 1 aromatic carbocycles. The lowest BCUT2D eigenvalue weighted by Crippen LogP contribution is -2.24.